The molecule has 0 aliphatic carbocycles. The first-order chi connectivity index (χ1) is 11.3. The molecule has 8 heteroatoms. The van der Waals surface area contributed by atoms with Crippen LogP contribution in [0.15, 0.2) is 23.2 Å². The van der Waals surface area contributed by atoms with Gasteiger partial charge in [-0.25, -0.2) is 4.98 Å². The zero-order chi connectivity index (χ0) is 15.6. The molecule has 1 aliphatic rings. The zero-order valence-corrected chi connectivity index (χ0v) is 13.8. The van der Waals surface area contributed by atoms with Crippen molar-refractivity contribution in [1.82, 2.24) is 24.8 Å². The topological polar surface area (TPSA) is 73.0 Å². The Morgan fingerprint density at radius 3 is 3.04 bits per heavy atom. The van der Waals surface area contributed by atoms with Crippen molar-refractivity contribution in [3.63, 3.8) is 0 Å². The van der Waals surface area contributed by atoms with Gasteiger partial charge in [-0.15, -0.1) is 0 Å². The fourth-order valence-electron chi connectivity index (χ4n) is 2.83. The van der Waals surface area contributed by atoms with Crippen LogP contribution in [-0.4, -0.2) is 58.1 Å². The van der Waals surface area contributed by atoms with Gasteiger partial charge in [0.25, 0.3) is 0 Å². The second-order valence-electron chi connectivity index (χ2n) is 5.75. The number of anilines is 3. The maximum Gasteiger partial charge on any atom is 0.231 e. The van der Waals surface area contributed by atoms with Crippen molar-refractivity contribution in [1.29, 1.82) is 0 Å². The van der Waals surface area contributed by atoms with E-state index in [2.05, 4.69) is 37.1 Å². The number of rotatable bonds is 3. The normalized spacial score (nSPS) is 16.7. The van der Waals surface area contributed by atoms with E-state index >= 15 is 0 Å². The maximum atomic E-state index is 4.76. The standard InChI is InChI=1S/C15H19N7S/c1-21-4-2-5-22(7-6-21)14-12-13(17-10-16-12)19-15(20-14)18-11-3-8-23-9-11/h3,8-10H,2,4-7H2,1H3,(H2,16,17,18,19,20). The van der Waals surface area contributed by atoms with Gasteiger partial charge in [0.15, 0.2) is 11.5 Å². The summed E-state index contributed by atoms with van der Waals surface area (Å²) in [6, 6.07) is 2.02. The van der Waals surface area contributed by atoms with Gasteiger partial charge in [0.05, 0.1) is 12.0 Å². The van der Waals surface area contributed by atoms with Crippen LogP contribution in [0.25, 0.3) is 11.2 Å². The Bertz CT molecular complexity index is 782. The van der Waals surface area contributed by atoms with Gasteiger partial charge >= 0.3 is 0 Å². The lowest BCUT2D eigenvalue weighted by atomic mass is 10.3. The van der Waals surface area contributed by atoms with Crippen LogP contribution >= 0.6 is 11.3 Å². The molecule has 0 bridgehead atoms. The summed E-state index contributed by atoms with van der Waals surface area (Å²) < 4.78 is 0. The fourth-order valence-corrected chi connectivity index (χ4v) is 3.41. The van der Waals surface area contributed by atoms with Crippen molar-refractivity contribution in [3.8, 4) is 0 Å². The average Bonchev–Trinajstić information content (AvgIpc) is 3.17. The third-order valence-corrected chi connectivity index (χ3v) is 4.75. The molecule has 0 atom stereocenters. The van der Waals surface area contributed by atoms with Crippen LogP contribution in [0, 0.1) is 0 Å². The van der Waals surface area contributed by atoms with Crippen LogP contribution in [-0.2, 0) is 0 Å². The van der Waals surface area contributed by atoms with Crippen LogP contribution in [0.1, 0.15) is 6.42 Å². The maximum absolute atomic E-state index is 4.76. The Hall–Kier alpha value is -2.19. The molecule has 0 saturated carbocycles. The molecule has 3 aromatic heterocycles. The van der Waals surface area contributed by atoms with Crippen LogP contribution < -0.4 is 10.2 Å². The highest BCUT2D eigenvalue weighted by molar-refractivity contribution is 7.08. The molecule has 120 valence electrons. The first kappa shape index (κ1) is 14.4. The Balaban J connectivity index is 1.70. The molecule has 0 unspecified atom stereocenters. The van der Waals surface area contributed by atoms with E-state index in [1.807, 2.05) is 16.8 Å². The van der Waals surface area contributed by atoms with Gasteiger partial charge in [0.1, 0.15) is 5.52 Å². The van der Waals surface area contributed by atoms with Crippen LogP contribution in [0.2, 0.25) is 0 Å². The highest BCUT2D eigenvalue weighted by atomic mass is 32.1. The summed E-state index contributed by atoms with van der Waals surface area (Å²) in [6.07, 6.45) is 2.81. The van der Waals surface area contributed by atoms with Crippen molar-refractivity contribution in [2.75, 3.05) is 43.4 Å². The smallest absolute Gasteiger partial charge is 0.231 e. The number of aromatic nitrogens is 4. The molecule has 2 N–H and O–H groups in total. The molecule has 1 saturated heterocycles. The molecule has 23 heavy (non-hydrogen) atoms. The molecule has 4 rings (SSSR count). The van der Waals surface area contributed by atoms with Crippen molar-refractivity contribution in [2.24, 2.45) is 0 Å². The van der Waals surface area contributed by atoms with E-state index in [1.165, 1.54) is 0 Å². The number of nitrogens with one attached hydrogen (secondary N) is 2. The largest absolute Gasteiger partial charge is 0.353 e. The summed E-state index contributed by atoms with van der Waals surface area (Å²) in [5.74, 6) is 1.52. The van der Waals surface area contributed by atoms with Gasteiger partial charge in [0.2, 0.25) is 5.95 Å². The number of nitrogens with zero attached hydrogens (tertiary/aromatic N) is 5. The van der Waals surface area contributed by atoms with Gasteiger partial charge in [-0.2, -0.15) is 21.3 Å². The minimum Gasteiger partial charge on any atom is -0.353 e. The average molecular weight is 329 g/mol. The number of aromatic amines is 1. The van der Waals surface area contributed by atoms with E-state index < -0.39 is 0 Å². The molecule has 1 fully saturated rings. The molecule has 4 heterocycles. The van der Waals surface area contributed by atoms with Gasteiger partial charge in [0, 0.05) is 25.0 Å². The number of hydrogen-bond acceptors (Lipinski definition) is 7. The molecule has 0 aromatic carbocycles. The molecule has 0 radical (unpaired) electrons. The fraction of sp³-hybridized carbons (Fsp3) is 0.400. The molecule has 0 amide bonds. The zero-order valence-electron chi connectivity index (χ0n) is 13.0. The quantitative estimate of drug-likeness (QED) is 0.768. The summed E-state index contributed by atoms with van der Waals surface area (Å²) >= 11 is 1.64. The molecule has 3 aromatic rings. The first-order valence-electron chi connectivity index (χ1n) is 7.73. The van der Waals surface area contributed by atoms with Crippen molar-refractivity contribution in [2.45, 2.75) is 6.42 Å². The Morgan fingerprint density at radius 2 is 2.17 bits per heavy atom. The second-order valence-corrected chi connectivity index (χ2v) is 6.53. The minimum absolute atomic E-state index is 0.593. The summed E-state index contributed by atoms with van der Waals surface area (Å²) in [7, 11) is 2.17. The van der Waals surface area contributed by atoms with E-state index in [1.54, 1.807) is 17.7 Å². The molecule has 7 nitrogen and oxygen atoms in total. The van der Waals surface area contributed by atoms with Gasteiger partial charge in [-0.3, -0.25) is 0 Å². The lowest BCUT2D eigenvalue weighted by Crippen LogP contribution is -2.29. The second kappa shape index (κ2) is 6.13. The minimum atomic E-state index is 0.593. The summed E-state index contributed by atoms with van der Waals surface area (Å²) in [5.41, 5.74) is 2.61. The van der Waals surface area contributed by atoms with E-state index in [-0.39, 0.29) is 0 Å². The molecular weight excluding hydrogens is 310 g/mol. The van der Waals surface area contributed by atoms with Gasteiger partial charge in [-0.05, 0) is 31.5 Å². The SMILES string of the molecule is CN1CCCN(c2nc(Nc3ccsc3)nc3nc[nH]c23)CC1. The van der Waals surface area contributed by atoms with Crippen LogP contribution in [0.5, 0.6) is 0 Å². The predicted octanol–water partition coefficient (Wildman–Crippen LogP) is 2.30. The number of imidazole rings is 1. The number of thiophene rings is 1. The van der Waals surface area contributed by atoms with Crippen LogP contribution in [0.4, 0.5) is 17.5 Å². The highest BCUT2D eigenvalue weighted by Gasteiger charge is 2.19. The Morgan fingerprint density at radius 1 is 1.22 bits per heavy atom. The first-order valence-corrected chi connectivity index (χ1v) is 8.68. The lowest BCUT2D eigenvalue weighted by molar-refractivity contribution is 0.360. The Kier molecular flexibility index (Phi) is 3.84. The number of likely N-dealkylation sites (N-methyl/N-ethyl adjacent to an activating group) is 1. The highest BCUT2D eigenvalue weighted by Crippen LogP contribution is 2.25. The molecular formula is C15H19N7S. The Labute approximate surface area is 138 Å². The number of fused-ring (bicyclic) bond motifs is 1. The third kappa shape index (κ3) is 2.99. The molecule has 1 aliphatic heterocycles. The summed E-state index contributed by atoms with van der Waals surface area (Å²) in [4.78, 5) is 21.5. The van der Waals surface area contributed by atoms with E-state index in [0.29, 0.717) is 11.6 Å². The number of H-pyrrole nitrogens is 1. The van der Waals surface area contributed by atoms with Crippen molar-refractivity contribution < 1.29 is 0 Å². The van der Waals surface area contributed by atoms with Crippen LogP contribution in [0.3, 0.4) is 0 Å². The monoisotopic (exact) mass is 329 g/mol. The predicted molar refractivity (Wildman–Crippen MR) is 93.6 cm³/mol. The number of hydrogen-bond donors (Lipinski definition) is 2. The van der Waals surface area contributed by atoms with Crippen molar-refractivity contribution >= 4 is 40.0 Å². The summed E-state index contributed by atoms with van der Waals surface area (Å²) in [5, 5.41) is 7.34. The van der Waals surface area contributed by atoms with Gasteiger partial charge < -0.3 is 20.1 Å². The van der Waals surface area contributed by atoms with E-state index in [0.717, 1.165) is 49.6 Å². The van der Waals surface area contributed by atoms with Gasteiger partial charge in [-0.1, -0.05) is 0 Å². The molecule has 0 spiro atoms. The summed E-state index contributed by atoms with van der Waals surface area (Å²) in [6.45, 7) is 4.10. The lowest BCUT2D eigenvalue weighted by Gasteiger charge is -2.22. The van der Waals surface area contributed by atoms with Crippen molar-refractivity contribution in [3.05, 3.63) is 23.2 Å². The third-order valence-electron chi connectivity index (χ3n) is 4.06. The van der Waals surface area contributed by atoms with E-state index in [9.17, 15) is 0 Å². The van der Waals surface area contributed by atoms with E-state index in [4.69, 9.17) is 4.98 Å².